The van der Waals surface area contributed by atoms with Gasteiger partial charge in [-0.15, -0.1) is 0 Å². The first-order chi connectivity index (χ1) is 11.1. The Hall–Kier alpha value is -2.27. The van der Waals surface area contributed by atoms with Crippen molar-refractivity contribution in [3.63, 3.8) is 0 Å². The molecule has 124 valence electrons. The first-order valence-corrected chi connectivity index (χ1v) is 7.82. The molecule has 0 aliphatic rings. The molecule has 0 atom stereocenters. The number of benzene rings is 1. The molecule has 2 amide bonds. The van der Waals surface area contributed by atoms with Crippen LogP contribution in [-0.4, -0.2) is 35.8 Å². The topological polar surface area (TPSA) is 46.5 Å². The van der Waals surface area contributed by atoms with Crippen molar-refractivity contribution in [2.24, 2.45) is 7.05 Å². The summed E-state index contributed by atoms with van der Waals surface area (Å²) in [5.74, 6) is 0. The number of ether oxygens (including phenoxy) is 1. The average molecular weight is 315 g/mol. The van der Waals surface area contributed by atoms with Crippen molar-refractivity contribution in [2.75, 3.05) is 25.6 Å². The minimum absolute atomic E-state index is 0.0865. The molecule has 0 unspecified atom stereocenters. The van der Waals surface area contributed by atoms with Crippen molar-refractivity contribution in [2.45, 2.75) is 19.9 Å². The number of anilines is 1. The molecular weight excluding hydrogens is 290 g/mol. The Morgan fingerprint density at radius 3 is 2.70 bits per heavy atom. The smallest absolute Gasteiger partial charge is 0.322 e. The van der Waals surface area contributed by atoms with Gasteiger partial charge in [0.1, 0.15) is 0 Å². The number of hydrogen-bond acceptors (Lipinski definition) is 2. The van der Waals surface area contributed by atoms with Crippen LogP contribution in [0.3, 0.4) is 0 Å². The fraction of sp³-hybridized carbons (Fsp3) is 0.389. The predicted molar refractivity (Wildman–Crippen MR) is 92.5 cm³/mol. The zero-order chi connectivity index (χ0) is 16.7. The number of methoxy groups -OCH3 is 1. The molecule has 23 heavy (non-hydrogen) atoms. The molecule has 1 aromatic carbocycles. The number of rotatable bonds is 7. The largest absolute Gasteiger partial charge is 0.385 e. The van der Waals surface area contributed by atoms with Gasteiger partial charge in [0.2, 0.25) is 0 Å². The second kappa shape index (κ2) is 8.39. The summed E-state index contributed by atoms with van der Waals surface area (Å²) in [5.41, 5.74) is 3.00. The van der Waals surface area contributed by atoms with Crippen LogP contribution in [0.2, 0.25) is 0 Å². The maximum Gasteiger partial charge on any atom is 0.322 e. The van der Waals surface area contributed by atoms with Gasteiger partial charge in [0.05, 0.1) is 6.54 Å². The maximum absolute atomic E-state index is 12.7. The number of nitrogens with zero attached hydrogens (tertiary/aromatic N) is 2. The summed E-state index contributed by atoms with van der Waals surface area (Å²) in [6.07, 6.45) is 2.80. The van der Waals surface area contributed by atoms with Gasteiger partial charge >= 0.3 is 6.03 Å². The Morgan fingerprint density at radius 2 is 2.04 bits per heavy atom. The Bertz CT molecular complexity index is 637. The summed E-state index contributed by atoms with van der Waals surface area (Å²) in [6.45, 7) is 3.85. The predicted octanol–water partition coefficient (Wildman–Crippen LogP) is 3.40. The molecule has 0 spiro atoms. The van der Waals surface area contributed by atoms with E-state index in [-0.39, 0.29) is 6.03 Å². The lowest BCUT2D eigenvalue weighted by Gasteiger charge is -2.24. The van der Waals surface area contributed by atoms with Crippen LogP contribution >= 0.6 is 0 Å². The standard InChI is InChI=1S/C18H25N3O2/c1-15-8-4-5-10-17(15)19-18(22)21(12-7-13-23-3)14-16-9-6-11-20(16)2/h4-6,8-11H,7,12-14H2,1-3H3,(H,19,22). The number of aryl methyl sites for hydroxylation is 2. The summed E-state index contributed by atoms with van der Waals surface area (Å²) in [4.78, 5) is 14.5. The number of carbonyl (C=O) groups excluding carboxylic acids is 1. The molecule has 0 fully saturated rings. The fourth-order valence-corrected chi connectivity index (χ4v) is 2.42. The molecule has 0 aliphatic carbocycles. The molecule has 1 heterocycles. The second-order valence-electron chi connectivity index (χ2n) is 5.62. The van der Waals surface area contributed by atoms with Gasteiger partial charge in [0.15, 0.2) is 0 Å². The van der Waals surface area contributed by atoms with Crippen LogP contribution in [0.1, 0.15) is 17.7 Å². The van der Waals surface area contributed by atoms with Crippen LogP contribution in [0.15, 0.2) is 42.6 Å². The van der Waals surface area contributed by atoms with Crippen LogP contribution in [0, 0.1) is 6.92 Å². The number of hydrogen-bond donors (Lipinski definition) is 1. The van der Waals surface area contributed by atoms with Crippen LogP contribution < -0.4 is 5.32 Å². The van der Waals surface area contributed by atoms with Gasteiger partial charge in [-0.3, -0.25) is 0 Å². The van der Waals surface area contributed by atoms with Crippen LogP contribution in [-0.2, 0) is 18.3 Å². The van der Waals surface area contributed by atoms with E-state index < -0.39 is 0 Å². The number of urea groups is 1. The minimum Gasteiger partial charge on any atom is -0.385 e. The molecule has 1 N–H and O–H groups in total. The monoisotopic (exact) mass is 315 g/mol. The van der Waals surface area contributed by atoms with Gasteiger partial charge in [-0.05, 0) is 37.1 Å². The number of nitrogens with one attached hydrogen (secondary N) is 1. The molecule has 2 aromatic rings. The van der Waals surface area contributed by atoms with Crippen LogP contribution in [0.4, 0.5) is 10.5 Å². The summed E-state index contributed by atoms with van der Waals surface area (Å²) in [7, 11) is 3.66. The third-order valence-electron chi connectivity index (χ3n) is 3.85. The minimum atomic E-state index is -0.0865. The zero-order valence-corrected chi connectivity index (χ0v) is 14.1. The summed E-state index contributed by atoms with van der Waals surface area (Å²) < 4.78 is 7.14. The molecule has 0 radical (unpaired) electrons. The third-order valence-corrected chi connectivity index (χ3v) is 3.85. The fourth-order valence-electron chi connectivity index (χ4n) is 2.42. The van der Waals surface area contributed by atoms with E-state index in [0.717, 1.165) is 23.4 Å². The molecular formula is C18H25N3O2. The van der Waals surface area contributed by atoms with Gasteiger partial charge in [0.25, 0.3) is 0 Å². The Morgan fingerprint density at radius 1 is 1.26 bits per heavy atom. The van der Waals surface area contributed by atoms with E-state index in [9.17, 15) is 4.79 Å². The molecule has 0 aliphatic heterocycles. The summed E-state index contributed by atoms with van der Waals surface area (Å²) in [6, 6.07) is 11.7. The molecule has 0 saturated carbocycles. The average Bonchev–Trinajstić information content (AvgIpc) is 2.94. The highest BCUT2D eigenvalue weighted by Gasteiger charge is 2.15. The first-order valence-electron chi connectivity index (χ1n) is 7.82. The van der Waals surface area contributed by atoms with Gasteiger partial charge < -0.3 is 19.5 Å². The van der Waals surface area contributed by atoms with Crippen LogP contribution in [0.5, 0.6) is 0 Å². The van der Waals surface area contributed by atoms with E-state index in [0.29, 0.717) is 19.7 Å². The molecule has 5 nitrogen and oxygen atoms in total. The second-order valence-corrected chi connectivity index (χ2v) is 5.62. The molecule has 0 bridgehead atoms. The van der Waals surface area contributed by atoms with E-state index in [4.69, 9.17) is 4.74 Å². The van der Waals surface area contributed by atoms with E-state index in [1.807, 2.05) is 66.0 Å². The normalized spacial score (nSPS) is 10.6. The Balaban J connectivity index is 2.07. The van der Waals surface area contributed by atoms with E-state index in [1.54, 1.807) is 7.11 Å². The van der Waals surface area contributed by atoms with Crippen molar-refractivity contribution in [1.29, 1.82) is 0 Å². The summed E-state index contributed by atoms with van der Waals surface area (Å²) >= 11 is 0. The van der Waals surface area contributed by atoms with Gasteiger partial charge in [0, 0.05) is 44.9 Å². The maximum atomic E-state index is 12.7. The van der Waals surface area contributed by atoms with Gasteiger partial charge in [-0.2, -0.15) is 0 Å². The highest BCUT2D eigenvalue weighted by atomic mass is 16.5. The van der Waals surface area contributed by atoms with E-state index >= 15 is 0 Å². The van der Waals surface area contributed by atoms with E-state index in [2.05, 4.69) is 5.32 Å². The Kier molecular flexibility index (Phi) is 6.23. The lowest BCUT2D eigenvalue weighted by molar-refractivity contribution is 0.171. The molecule has 5 heteroatoms. The number of para-hydroxylation sites is 1. The van der Waals surface area contributed by atoms with Crippen molar-refractivity contribution in [1.82, 2.24) is 9.47 Å². The highest BCUT2D eigenvalue weighted by Crippen LogP contribution is 2.15. The number of aromatic nitrogens is 1. The quantitative estimate of drug-likeness (QED) is 0.796. The molecule has 0 saturated heterocycles. The van der Waals surface area contributed by atoms with Crippen molar-refractivity contribution < 1.29 is 9.53 Å². The first kappa shape index (κ1) is 17.1. The molecule has 2 rings (SSSR count). The van der Waals surface area contributed by atoms with Gasteiger partial charge in [-0.25, -0.2) is 4.79 Å². The number of amides is 2. The van der Waals surface area contributed by atoms with Gasteiger partial charge in [-0.1, -0.05) is 18.2 Å². The van der Waals surface area contributed by atoms with E-state index in [1.165, 1.54) is 0 Å². The van der Waals surface area contributed by atoms with Crippen molar-refractivity contribution in [3.05, 3.63) is 53.9 Å². The zero-order valence-electron chi connectivity index (χ0n) is 14.1. The third kappa shape index (κ3) is 4.86. The number of carbonyl (C=O) groups is 1. The highest BCUT2D eigenvalue weighted by molar-refractivity contribution is 5.90. The Labute approximate surface area is 137 Å². The summed E-state index contributed by atoms with van der Waals surface area (Å²) in [5, 5.41) is 3.01. The van der Waals surface area contributed by atoms with Crippen molar-refractivity contribution in [3.8, 4) is 0 Å². The lowest BCUT2D eigenvalue weighted by Crippen LogP contribution is -2.36. The SMILES string of the molecule is COCCCN(Cc1cccn1C)C(=O)Nc1ccccc1C. The van der Waals surface area contributed by atoms with Crippen LogP contribution in [0.25, 0.3) is 0 Å². The lowest BCUT2D eigenvalue weighted by atomic mass is 10.2. The van der Waals surface area contributed by atoms with Crippen molar-refractivity contribution >= 4 is 11.7 Å². The molecule has 1 aromatic heterocycles.